The summed E-state index contributed by atoms with van der Waals surface area (Å²) in [5.74, 6) is 1.44. The van der Waals surface area contributed by atoms with Crippen molar-refractivity contribution in [1.29, 1.82) is 0 Å². The van der Waals surface area contributed by atoms with Gasteiger partial charge in [-0.15, -0.1) is 0 Å². The number of hydrogen-bond acceptors (Lipinski definition) is 3. The van der Waals surface area contributed by atoms with Crippen LogP contribution in [-0.4, -0.2) is 48.6 Å². The minimum absolute atomic E-state index is 0.267. The van der Waals surface area contributed by atoms with Gasteiger partial charge in [-0.2, -0.15) is 0 Å². The van der Waals surface area contributed by atoms with E-state index < -0.39 is 0 Å². The Labute approximate surface area is 129 Å². The van der Waals surface area contributed by atoms with Crippen molar-refractivity contribution >= 4 is 5.91 Å². The molecule has 0 aromatic rings. The lowest BCUT2D eigenvalue weighted by Gasteiger charge is -2.28. The highest BCUT2D eigenvalue weighted by Gasteiger charge is 2.39. The summed E-state index contributed by atoms with van der Waals surface area (Å²) in [7, 11) is 0. The Kier molecular flexibility index (Phi) is 4.85. The molecule has 0 bridgehead atoms. The van der Waals surface area contributed by atoms with Crippen LogP contribution < -0.4 is 10.6 Å². The highest BCUT2D eigenvalue weighted by atomic mass is 16.1. The first kappa shape index (κ1) is 15.3. The van der Waals surface area contributed by atoms with E-state index in [2.05, 4.69) is 29.4 Å². The van der Waals surface area contributed by atoms with Gasteiger partial charge in [-0.3, -0.25) is 9.69 Å². The number of nitrogens with one attached hydrogen (secondary N) is 2. The fraction of sp³-hybridized carbons (Fsp3) is 0.941. The van der Waals surface area contributed by atoms with Gasteiger partial charge < -0.3 is 10.6 Å². The van der Waals surface area contributed by atoms with Crippen LogP contribution in [0.4, 0.5) is 0 Å². The summed E-state index contributed by atoms with van der Waals surface area (Å²) in [5, 5.41) is 6.75. The van der Waals surface area contributed by atoms with Crippen LogP contribution in [0.15, 0.2) is 0 Å². The quantitative estimate of drug-likeness (QED) is 0.812. The van der Waals surface area contributed by atoms with E-state index in [-0.39, 0.29) is 5.91 Å². The van der Waals surface area contributed by atoms with E-state index in [1.165, 1.54) is 25.7 Å². The van der Waals surface area contributed by atoms with Crippen molar-refractivity contribution in [2.75, 3.05) is 19.6 Å². The standard InChI is InChI=1S/C17H31N3O/c1-12(14-4-3-7-18-10-14)8-17(21)19-15-9-13(2)20(11-15)16-5-6-16/h12-16,18H,3-11H2,1-2H3,(H,19,21). The van der Waals surface area contributed by atoms with Gasteiger partial charge in [0.05, 0.1) is 0 Å². The van der Waals surface area contributed by atoms with Crippen molar-refractivity contribution < 1.29 is 4.79 Å². The van der Waals surface area contributed by atoms with Crippen LogP contribution in [0.25, 0.3) is 0 Å². The average Bonchev–Trinajstić information content (AvgIpc) is 3.24. The zero-order valence-corrected chi connectivity index (χ0v) is 13.6. The normalized spacial score (nSPS) is 35.6. The van der Waals surface area contributed by atoms with Gasteiger partial charge in [0.1, 0.15) is 0 Å². The number of amides is 1. The summed E-state index contributed by atoms with van der Waals surface area (Å²) < 4.78 is 0. The monoisotopic (exact) mass is 293 g/mol. The zero-order chi connectivity index (χ0) is 14.8. The molecule has 0 aromatic heterocycles. The second-order valence-corrected chi connectivity index (χ2v) is 7.56. The van der Waals surface area contributed by atoms with Gasteiger partial charge in [-0.25, -0.2) is 0 Å². The summed E-state index contributed by atoms with van der Waals surface area (Å²) in [5.41, 5.74) is 0. The number of hydrogen-bond donors (Lipinski definition) is 2. The van der Waals surface area contributed by atoms with Crippen LogP contribution in [0.2, 0.25) is 0 Å². The lowest BCUT2D eigenvalue weighted by atomic mass is 9.85. The summed E-state index contributed by atoms with van der Waals surface area (Å²) in [6, 6.07) is 1.83. The Hall–Kier alpha value is -0.610. The molecule has 2 heterocycles. The first-order chi connectivity index (χ1) is 10.1. The molecule has 2 N–H and O–H groups in total. The van der Waals surface area contributed by atoms with E-state index in [1.54, 1.807) is 0 Å². The minimum Gasteiger partial charge on any atom is -0.352 e. The van der Waals surface area contributed by atoms with Gasteiger partial charge in [0.15, 0.2) is 0 Å². The van der Waals surface area contributed by atoms with Crippen LogP contribution in [0.3, 0.4) is 0 Å². The van der Waals surface area contributed by atoms with E-state index in [4.69, 9.17) is 0 Å². The minimum atomic E-state index is 0.267. The largest absolute Gasteiger partial charge is 0.352 e. The molecule has 4 atom stereocenters. The molecule has 1 amide bonds. The van der Waals surface area contributed by atoms with Crippen molar-refractivity contribution in [2.24, 2.45) is 11.8 Å². The van der Waals surface area contributed by atoms with Crippen molar-refractivity contribution in [3.05, 3.63) is 0 Å². The lowest BCUT2D eigenvalue weighted by molar-refractivity contribution is -0.123. The molecule has 3 rings (SSSR count). The van der Waals surface area contributed by atoms with Crippen molar-refractivity contribution in [2.45, 2.75) is 70.5 Å². The Morgan fingerprint density at radius 1 is 1.38 bits per heavy atom. The maximum absolute atomic E-state index is 12.3. The molecule has 1 aliphatic carbocycles. The third-order valence-electron chi connectivity index (χ3n) is 5.65. The van der Waals surface area contributed by atoms with Gasteiger partial charge in [-0.1, -0.05) is 6.92 Å². The predicted octanol–water partition coefficient (Wildman–Crippen LogP) is 1.75. The van der Waals surface area contributed by atoms with Crippen LogP contribution in [-0.2, 0) is 4.79 Å². The Bertz CT molecular complexity index is 363. The fourth-order valence-corrected chi connectivity index (χ4v) is 4.19. The second kappa shape index (κ2) is 6.66. The zero-order valence-electron chi connectivity index (χ0n) is 13.6. The third kappa shape index (κ3) is 3.98. The highest BCUT2D eigenvalue weighted by Crippen LogP contribution is 2.33. The number of rotatable bonds is 5. The molecule has 120 valence electrons. The number of carbonyl (C=O) groups is 1. The predicted molar refractivity (Wildman–Crippen MR) is 85.1 cm³/mol. The molecule has 3 aliphatic rings. The van der Waals surface area contributed by atoms with E-state index in [0.717, 1.165) is 32.1 Å². The molecule has 0 radical (unpaired) electrons. The van der Waals surface area contributed by atoms with Crippen LogP contribution in [0.1, 0.15) is 52.4 Å². The van der Waals surface area contributed by atoms with E-state index in [1.807, 2.05) is 0 Å². The van der Waals surface area contributed by atoms with Crippen LogP contribution in [0, 0.1) is 11.8 Å². The van der Waals surface area contributed by atoms with E-state index in [0.29, 0.717) is 30.3 Å². The molecular formula is C17H31N3O. The van der Waals surface area contributed by atoms with Gasteiger partial charge in [0.2, 0.25) is 5.91 Å². The smallest absolute Gasteiger partial charge is 0.220 e. The topological polar surface area (TPSA) is 44.4 Å². The number of piperidine rings is 1. The molecule has 4 unspecified atom stereocenters. The average molecular weight is 293 g/mol. The molecule has 2 saturated heterocycles. The number of carbonyl (C=O) groups excluding carboxylic acids is 1. The van der Waals surface area contributed by atoms with Crippen molar-refractivity contribution in [3.8, 4) is 0 Å². The summed E-state index contributed by atoms with van der Waals surface area (Å²) in [4.78, 5) is 14.9. The summed E-state index contributed by atoms with van der Waals surface area (Å²) in [6.07, 6.45) is 7.07. The number of nitrogens with zero attached hydrogens (tertiary/aromatic N) is 1. The molecule has 21 heavy (non-hydrogen) atoms. The third-order valence-corrected chi connectivity index (χ3v) is 5.65. The van der Waals surface area contributed by atoms with Gasteiger partial charge >= 0.3 is 0 Å². The fourth-order valence-electron chi connectivity index (χ4n) is 4.19. The first-order valence-corrected chi connectivity index (χ1v) is 8.89. The molecular weight excluding hydrogens is 262 g/mol. The van der Waals surface area contributed by atoms with Crippen molar-refractivity contribution in [1.82, 2.24) is 15.5 Å². The SMILES string of the molecule is CC(CC(=O)NC1CC(C)N(C2CC2)C1)C1CCCNC1. The van der Waals surface area contributed by atoms with Crippen LogP contribution >= 0.6 is 0 Å². The summed E-state index contributed by atoms with van der Waals surface area (Å²) >= 11 is 0. The highest BCUT2D eigenvalue weighted by molar-refractivity contribution is 5.76. The molecule has 0 aromatic carbocycles. The molecule has 4 nitrogen and oxygen atoms in total. The van der Waals surface area contributed by atoms with E-state index >= 15 is 0 Å². The molecule has 2 aliphatic heterocycles. The lowest BCUT2D eigenvalue weighted by Crippen LogP contribution is -2.40. The Morgan fingerprint density at radius 3 is 2.86 bits per heavy atom. The van der Waals surface area contributed by atoms with Gasteiger partial charge in [0.25, 0.3) is 0 Å². The van der Waals surface area contributed by atoms with Crippen molar-refractivity contribution in [3.63, 3.8) is 0 Å². The molecule has 1 saturated carbocycles. The van der Waals surface area contributed by atoms with Gasteiger partial charge in [-0.05, 0) is 64.0 Å². The molecule has 0 spiro atoms. The van der Waals surface area contributed by atoms with E-state index in [9.17, 15) is 4.79 Å². The summed E-state index contributed by atoms with van der Waals surface area (Å²) in [6.45, 7) is 7.85. The Balaban J connectivity index is 1.41. The number of likely N-dealkylation sites (tertiary alicyclic amines) is 1. The maximum atomic E-state index is 12.3. The van der Waals surface area contributed by atoms with Crippen LogP contribution in [0.5, 0.6) is 0 Å². The first-order valence-electron chi connectivity index (χ1n) is 8.89. The van der Waals surface area contributed by atoms with Gasteiger partial charge in [0, 0.05) is 31.1 Å². The second-order valence-electron chi connectivity index (χ2n) is 7.56. The Morgan fingerprint density at radius 2 is 2.19 bits per heavy atom. The molecule has 3 fully saturated rings. The molecule has 4 heteroatoms. The maximum Gasteiger partial charge on any atom is 0.220 e.